The second kappa shape index (κ2) is 6.93. The van der Waals surface area contributed by atoms with Crippen LogP contribution in [0.3, 0.4) is 0 Å². The van der Waals surface area contributed by atoms with Crippen LogP contribution < -0.4 is 5.32 Å². The maximum Gasteiger partial charge on any atom is 0.234 e. The molecule has 2 atom stereocenters. The number of amides is 1. The quantitative estimate of drug-likeness (QED) is 0.883. The number of nitrogens with one attached hydrogen (secondary N) is 1. The van der Waals surface area contributed by atoms with Crippen LogP contribution in [0.25, 0.3) is 0 Å². The summed E-state index contributed by atoms with van der Waals surface area (Å²) in [5, 5.41) is 12.7. The number of halogens is 1. The Kier molecular flexibility index (Phi) is 4.73. The monoisotopic (exact) mass is 318 g/mol. The Bertz CT molecular complexity index is 642. The summed E-state index contributed by atoms with van der Waals surface area (Å²) in [5.74, 6) is 0.257. The minimum Gasteiger partial charge on any atom is -0.467 e. The molecule has 2 aromatic rings. The molecule has 1 saturated heterocycles. The fourth-order valence-corrected chi connectivity index (χ4v) is 2.93. The Labute approximate surface area is 133 Å². The van der Waals surface area contributed by atoms with Crippen LogP contribution in [0.4, 0.5) is 4.39 Å². The van der Waals surface area contributed by atoms with Crippen LogP contribution in [-0.4, -0.2) is 35.1 Å². The molecular weight excluding hydrogens is 299 g/mol. The van der Waals surface area contributed by atoms with Crippen molar-refractivity contribution in [3.05, 3.63) is 59.8 Å². The van der Waals surface area contributed by atoms with E-state index in [4.69, 9.17) is 4.42 Å². The zero-order valence-electron chi connectivity index (χ0n) is 12.6. The highest BCUT2D eigenvalue weighted by molar-refractivity contribution is 5.78. The van der Waals surface area contributed by atoms with Gasteiger partial charge in [0.05, 0.1) is 25.5 Å². The van der Waals surface area contributed by atoms with E-state index in [1.165, 1.54) is 12.1 Å². The van der Waals surface area contributed by atoms with Crippen LogP contribution in [0.15, 0.2) is 47.1 Å². The van der Waals surface area contributed by atoms with Gasteiger partial charge in [-0.15, -0.1) is 0 Å². The molecule has 122 valence electrons. The molecule has 1 fully saturated rings. The SMILES string of the molecule is O=C(CN1C[C@H](O)C[C@@H]1c1ccc(F)cc1)NCc1ccco1. The summed E-state index contributed by atoms with van der Waals surface area (Å²) < 4.78 is 18.2. The molecule has 0 radical (unpaired) electrons. The number of hydrogen-bond acceptors (Lipinski definition) is 4. The lowest BCUT2D eigenvalue weighted by atomic mass is 10.0. The molecule has 0 spiro atoms. The Balaban J connectivity index is 1.60. The zero-order valence-corrected chi connectivity index (χ0v) is 12.6. The maximum absolute atomic E-state index is 13.1. The van der Waals surface area contributed by atoms with Crippen molar-refractivity contribution in [2.45, 2.75) is 25.1 Å². The molecule has 1 aliphatic rings. The lowest BCUT2D eigenvalue weighted by Gasteiger charge is -2.23. The molecule has 5 nitrogen and oxygen atoms in total. The Morgan fingerprint density at radius 2 is 2.13 bits per heavy atom. The third kappa shape index (κ3) is 3.97. The van der Waals surface area contributed by atoms with Crippen LogP contribution in [0, 0.1) is 5.82 Å². The van der Waals surface area contributed by atoms with E-state index in [1.807, 2.05) is 4.90 Å². The van der Waals surface area contributed by atoms with Gasteiger partial charge in [0.15, 0.2) is 0 Å². The van der Waals surface area contributed by atoms with E-state index in [9.17, 15) is 14.3 Å². The summed E-state index contributed by atoms with van der Waals surface area (Å²) >= 11 is 0. The van der Waals surface area contributed by atoms with Gasteiger partial charge in [-0.1, -0.05) is 12.1 Å². The van der Waals surface area contributed by atoms with Crippen LogP contribution in [-0.2, 0) is 11.3 Å². The molecule has 1 amide bonds. The lowest BCUT2D eigenvalue weighted by molar-refractivity contribution is -0.122. The van der Waals surface area contributed by atoms with Crippen molar-refractivity contribution in [2.24, 2.45) is 0 Å². The first kappa shape index (κ1) is 15.7. The fourth-order valence-electron chi connectivity index (χ4n) is 2.93. The summed E-state index contributed by atoms with van der Waals surface area (Å²) in [6.07, 6.45) is 1.61. The van der Waals surface area contributed by atoms with Crippen LogP contribution in [0.5, 0.6) is 0 Å². The number of aliphatic hydroxyl groups is 1. The number of rotatable bonds is 5. The maximum atomic E-state index is 13.1. The summed E-state index contributed by atoms with van der Waals surface area (Å²) in [6.45, 7) is 0.944. The van der Waals surface area contributed by atoms with Crippen molar-refractivity contribution in [1.82, 2.24) is 10.2 Å². The average molecular weight is 318 g/mol. The van der Waals surface area contributed by atoms with Gasteiger partial charge in [0.1, 0.15) is 11.6 Å². The molecule has 0 aliphatic carbocycles. The summed E-state index contributed by atoms with van der Waals surface area (Å²) in [5.41, 5.74) is 0.904. The molecule has 23 heavy (non-hydrogen) atoms. The molecular formula is C17H19FN2O3. The van der Waals surface area contributed by atoms with Gasteiger partial charge in [-0.2, -0.15) is 0 Å². The third-order valence-corrected chi connectivity index (χ3v) is 4.02. The Morgan fingerprint density at radius 3 is 2.83 bits per heavy atom. The molecule has 0 unspecified atom stereocenters. The largest absolute Gasteiger partial charge is 0.467 e. The minimum atomic E-state index is -0.483. The van der Waals surface area contributed by atoms with Crippen molar-refractivity contribution < 1.29 is 18.7 Å². The van der Waals surface area contributed by atoms with Gasteiger partial charge < -0.3 is 14.8 Å². The molecule has 1 aliphatic heterocycles. The number of β-amino-alcohol motifs (C(OH)–C–C–N with tert-alkyl or cyclic N) is 1. The van der Waals surface area contributed by atoms with Gasteiger partial charge in [-0.25, -0.2) is 4.39 Å². The predicted molar refractivity (Wildman–Crippen MR) is 81.9 cm³/mol. The lowest BCUT2D eigenvalue weighted by Crippen LogP contribution is -2.37. The van der Waals surface area contributed by atoms with Gasteiger partial charge >= 0.3 is 0 Å². The molecule has 0 saturated carbocycles. The first-order valence-corrected chi connectivity index (χ1v) is 7.58. The molecule has 1 aromatic heterocycles. The molecule has 1 aromatic carbocycles. The van der Waals surface area contributed by atoms with E-state index in [1.54, 1.807) is 30.5 Å². The molecule has 6 heteroatoms. The average Bonchev–Trinajstić information content (AvgIpc) is 3.16. The van der Waals surface area contributed by atoms with E-state index < -0.39 is 6.10 Å². The van der Waals surface area contributed by atoms with E-state index in [0.717, 1.165) is 5.56 Å². The minimum absolute atomic E-state index is 0.0834. The summed E-state index contributed by atoms with van der Waals surface area (Å²) in [4.78, 5) is 14.0. The van der Waals surface area contributed by atoms with Crippen molar-refractivity contribution in [3.63, 3.8) is 0 Å². The molecule has 3 rings (SSSR count). The molecule has 0 bridgehead atoms. The number of nitrogens with zero attached hydrogens (tertiary/aromatic N) is 1. The van der Waals surface area contributed by atoms with Gasteiger partial charge in [-0.05, 0) is 36.2 Å². The highest BCUT2D eigenvalue weighted by atomic mass is 19.1. The van der Waals surface area contributed by atoms with Crippen LogP contribution >= 0.6 is 0 Å². The number of carbonyl (C=O) groups excluding carboxylic acids is 1. The fraction of sp³-hybridized carbons (Fsp3) is 0.353. The molecule has 2 heterocycles. The summed E-state index contributed by atoms with van der Waals surface area (Å²) in [7, 11) is 0. The van der Waals surface area contributed by atoms with Crippen molar-refractivity contribution in [2.75, 3.05) is 13.1 Å². The second-order valence-corrected chi connectivity index (χ2v) is 5.74. The first-order chi connectivity index (χ1) is 11.1. The van der Waals surface area contributed by atoms with Crippen LogP contribution in [0.2, 0.25) is 0 Å². The van der Waals surface area contributed by atoms with E-state index in [-0.39, 0.29) is 24.3 Å². The van der Waals surface area contributed by atoms with Gasteiger partial charge in [0.2, 0.25) is 5.91 Å². The number of benzene rings is 1. The zero-order chi connectivity index (χ0) is 16.2. The van der Waals surface area contributed by atoms with Gasteiger partial charge in [0.25, 0.3) is 0 Å². The number of aliphatic hydroxyl groups excluding tert-OH is 1. The van der Waals surface area contributed by atoms with Crippen molar-refractivity contribution >= 4 is 5.91 Å². The highest BCUT2D eigenvalue weighted by Crippen LogP contribution is 2.31. The highest BCUT2D eigenvalue weighted by Gasteiger charge is 2.33. The van der Waals surface area contributed by atoms with Gasteiger partial charge in [0, 0.05) is 12.6 Å². The predicted octanol–water partition coefficient (Wildman–Crippen LogP) is 1.84. The topological polar surface area (TPSA) is 65.7 Å². The second-order valence-electron chi connectivity index (χ2n) is 5.74. The van der Waals surface area contributed by atoms with Crippen molar-refractivity contribution in [3.8, 4) is 0 Å². The van der Waals surface area contributed by atoms with E-state index in [0.29, 0.717) is 25.3 Å². The van der Waals surface area contributed by atoms with Gasteiger partial charge in [-0.3, -0.25) is 9.69 Å². The number of furan rings is 1. The van der Waals surface area contributed by atoms with Crippen LogP contribution in [0.1, 0.15) is 23.8 Å². The number of carbonyl (C=O) groups is 1. The van der Waals surface area contributed by atoms with E-state index in [2.05, 4.69) is 5.32 Å². The number of likely N-dealkylation sites (tertiary alicyclic amines) is 1. The van der Waals surface area contributed by atoms with E-state index >= 15 is 0 Å². The Hall–Kier alpha value is -2.18. The summed E-state index contributed by atoms with van der Waals surface area (Å²) in [6, 6.07) is 9.67. The Morgan fingerprint density at radius 1 is 1.35 bits per heavy atom. The first-order valence-electron chi connectivity index (χ1n) is 7.58. The number of hydrogen-bond donors (Lipinski definition) is 2. The normalized spacial score (nSPS) is 21.5. The van der Waals surface area contributed by atoms with Crippen molar-refractivity contribution in [1.29, 1.82) is 0 Å². The molecule has 2 N–H and O–H groups in total. The third-order valence-electron chi connectivity index (χ3n) is 4.02. The standard InChI is InChI=1S/C17H19FN2O3/c18-13-5-3-12(4-6-13)16-8-14(21)10-20(16)11-17(22)19-9-15-2-1-7-23-15/h1-7,14,16,21H,8-11H2,(H,19,22)/t14-,16-/m1/s1. The smallest absolute Gasteiger partial charge is 0.234 e.